The highest BCUT2D eigenvalue weighted by molar-refractivity contribution is 7.98. The summed E-state index contributed by atoms with van der Waals surface area (Å²) < 4.78 is 64.6. The molecule has 1 aromatic rings. The zero-order valence-corrected chi connectivity index (χ0v) is 13.1. The van der Waals surface area contributed by atoms with E-state index in [1.54, 1.807) is 6.26 Å². The summed E-state index contributed by atoms with van der Waals surface area (Å²) in [5.74, 6) is 0.246. The molecule has 0 radical (unpaired) electrons. The summed E-state index contributed by atoms with van der Waals surface area (Å²) in [4.78, 5) is -0.850. The lowest BCUT2D eigenvalue weighted by molar-refractivity contribution is -0.139. The van der Waals surface area contributed by atoms with Crippen molar-refractivity contribution in [2.24, 2.45) is 0 Å². The van der Waals surface area contributed by atoms with E-state index in [4.69, 9.17) is 0 Å². The average molecular weight is 343 g/mol. The molecule has 0 aliphatic carbocycles. The van der Waals surface area contributed by atoms with Crippen LogP contribution in [0.3, 0.4) is 0 Å². The third-order valence-electron chi connectivity index (χ3n) is 2.58. The second-order valence-electron chi connectivity index (χ2n) is 4.75. The SMILES string of the molecule is CSCC(C)(O)CNS(=O)(=O)c1ccccc1C(F)(F)F. The molecular formula is C12H16F3NO3S2. The molecule has 1 unspecified atom stereocenters. The fraction of sp³-hybridized carbons (Fsp3) is 0.500. The van der Waals surface area contributed by atoms with Gasteiger partial charge in [0.25, 0.3) is 0 Å². The van der Waals surface area contributed by atoms with Crippen LogP contribution in [0.4, 0.5) is 13.2 Å². The topological polar surface area (TPSA) is 66.4 Å². The molecule has 0 amide bonds. The quantitative estimate of drug-likeness (QED) is 0.830. The van der Waals surface area contributed by atoms with Crippen LogP contribution in [0.1, 0.15) is 12.5 Å². The van der Waals surface area contributed by atoms with Gasteiger partial charge in [0.2, 0.25) is 10.0 Å². The highest BCUT2D eigenvalue weighted by atomic mass is 32.2. The van der Waals surface area contributed by atoms with Gasteiger partial charge < -0.3 is 5.11 Å². The Hall–Kier alpha value is -0.770. The number of rotatable bonds is 6. The van der Waals surface area contributed by atoms with Crippen molar-refractivity contribution in [2.75, 3.05) is 18.6 Å². The van der Waals surface area contributed by atoms with Crippen LogP contribution in [0.25, 0.3) is 0 Å². The van der Waals surface area contributed by atoms with Crippen LogP contribution in [0.5, 0.6) is 0 Å². The van der Waals surface area contributed by atoms with Crippen molar-refractivity contribution in [3.05, 3.63) is 29.8 Å². The first-order valence-corrected chi connectivity index (χ1v) is 8.74. The lowest BCUT2D eigenvalue weighted by Crippen LogP contribution is -2.42. The summed E-state index contributed by atoms with van der Waals surface area (Å²) in [6.07, 6.45) is -3.05. The molecule has 1 rings (SSSR count). The standard InChI is InChI=1S/C12H16F3NO3S2/c1-11(17,8-20-2)7-16-21(18,19)10-6-4-3-5-9(10)12(13,14)15/h3-6,16-17H,7-8H2,1-2H3. The van der Waals surface area contributed by atoms with Crippen LogP contribution in [0.15, 0.2) is 29.2 Å². The molecular weight excluding hydrogens is 327 g/mol. The number of hydrogen-bond donors (Lipinski definition) is 2. The number of sulfonamides is 1. The van der Waals surface area contributed by atoms with Crippen LogP contribution in [0, 0.1) is 0 Å². The molecule has 0 spiro atoms. The highest BCUT2D eigenvalue weighted by Gasteiger charge is 2.37. The maximum Gasteiger partial charge on any atom is 0.417 e. The number of hydrogen-bond acceptors (Lipinski definition) is 4. The first-order valence-electron chi connectivity index (χ1n) is 5.87. The van der Waals surface area contributed by atoms with Crippen LogP contribution in [-0.2, 0) is 16.2 Å². The Balaban J connectivity index is 3.05. The zero-order chi connectivity index (χ0) is 16.3. The molecule has 0 heterocycles. The molecule has 2 N–H and O–H groups in total. The molecule has 120 valence electrons. The number of nitrogens with one attached hydrogen (secondary N) is 1. The third kappa shape index (κ3) is 5.17. The van der Waals surface area contributed by atoms with Gasteiger partial charge in [-0.25, -0.2) is 13.1 Å². The van der Waals surface area contributed by atoms with Gasteiger partial charge in [-0.3, -0.25) is 0 Å². The van der Waals surface area contributed by atoms with Crippen LogP contribution < -0.4 is 4.72 Å². The summed E-state index contributed by atoms with van der Waals surface area (Å²) in [6, 6.07) is 3.92. The fourth-order valence-corrected chi connectivity index (χ4v) is 3.74. The Bertz CT molecular complexity index is 586. The van der Waals surface area contributed by atoms with Gasteiger partial charge in [-0.1, -0.05) is 12.1 Å². The summed E-state index contributed by atoms with van der Waals surface area (Å²) >= 11 is 1.30. The minimum absolute atomic E-state index is 0.246. The van der Waals surface area contributed by atoms with Gasteiger partial charge in [-0.05, 0) is 25.3 Å². The number of aliphatic hydroxyl groups is 1. The monoisotopic (exact) mass is 343 g/mol. The summed E-state index contributed by atoms with van der Waals surface area (Å²) in [7, 11) is -4.36. The lowest BCUT2D eigenvalue weighted by atomic mass is 10.1. The predicted molar refractivity (Wildman–Crippen MR) is 75.6 cm³/mol. The van der Waals surface area contributed by atoms with E-state index < -0.39 is 32.3 Å². The van der Waals surface area contributed by atoms with Gasteiger partial charge in [0.15, 0.2) is 0 Å². The van der Waals surface area contributed by atoms with Gasteiger partial charge in [0.05, 0.1) is 16.1 Å². The van der Waals surface area contributed by atoms with Crippen molar-refractivity contribution < 1.29 is 26.7 Å². The second kappa shape index (κ2) is 6.55. The molecule has 0 saturated carbocycles. The van der Waals surface area contributed by atoms with E-state index in [1.807, 2.05) is 4.72 Å². The van der Waals surface area contributed by atoms with E-state index in [1.165, 1.54) is 24.8 Å². The van der Waals surface area contributed by atoms with Gasteiger partial charge in [0.1, 0.15) is 0 Å². The Kier molecular flexibility index (Phi) is 5.70. The fourth-order valence-electron chi connectivity index (χ4n) is 1.63. The molecule has 21 heavy (non-hydrogen) atoms. The largest absolute Gasteiger partial charge is 0.417 e. The van der Waals surface area contributed by atoms with E-state index in [2.05, 4.69) is 0 Å². The molecule has 0 saturated heterocycles. The van der Waals surface area contributed by atoms with Crippen molar-refractivity contribution in [3.8, 4) is 0 Å². The van der Waals surface area contributed by atoms with E-state index in [0.717, 1.165) is 12.1 Å². The normalized spacial score (nSPS) is 15.7. The second-order valence-corrected chi connectivity index (χ2v) is 7.35. The van der Waals surface area contributed by atoms with E-state index >= 15 is 0 Å². The Morgan fingerprint density at radius 2 is 1.86 bits per heavy atom. The zero-order valence-electron chi connectivity index (χ0n) is 11.4. The molecule has 0 aliphatic rings. The average Bonchev–Trinajstić information content (AvgIpc) is 2.36. The van der Waals surface area contributed by atoms with Gasteiger partial charge >= 0.3 is 6.18 Å². The minimum atomic E-state index is -4.77. The van der Waals surface area contributed by atoms with Crippen molar-refractivity contribution in [1.82, 2.24) is 4.72 Å². The lowest BCUT2D eigenvalue weighted by Gasteiger charge is -2.23. The van der Waals surface area contributed by atoms with E-state index in [0.29, 0.717) is 6.07 Å². The maximum absolute atomic E-state index is 12.8. The molecule has 1 atom stereocenters. The number of benzene rings is 1. The van der Waals surface area contributed by atoms with Crippen molar-refractivity contribution in [3.63, 3.8) is 0 Å². The summed E-state index contributed by atoms with van der Waals surface area (Å²) in [5.41, 5.74) is -2.58. The minimum Gasteiger partial charge on any atom is -0.388 e. The Morgan fingerprint density at radius 1 is 1.29 bits per heavy atom. The number of alkyl halides is 3. The predicted octanol–water partition coefficient (Wildman–Crippen LogP) is 2.10. The molecule has 9 heteroatoms. The molecule has 0 fully saturated rings. The highest BCUT2D eigenvalue weighted by Crippen LogP contribution is 2.33. The van der Waals surface area contributed by atoms with Crippen molar-refractivity contribution >= 4 is 21.8 Å². The molecule has 1 aromatic carbocycles. The molecule has 0 aliphatic heterocycles. The van der Waals surface area contributed by atoms with E-state index in [-0.39, 0.29) is 12.3 Å². The number of halogens is 3. The molecule has 4 nitrogen and oxygen atoms in total. The Labute approximate surface area is 125 Å². The number of thioether (sulfide) groups is 1. The first-order chi connectivity index (χ1) is 9.49. The van der Waals surface area contributed by atoms with Crippen LogP contribution >= 0.6 is 11.8 Å². The van der Waals surface area contributed by atoms with Crippen LogP contribution in [0.2, 0.25) is 0 Å². The maximum atomic E-state index is 12.8. The summed E-state index contributed by atoms with van der Waals surface area (Å²) in [6.45, 7) is 1.03. The van der Waals surface area contributed by atoms with Gasteiger partial charge in [-0.2, -0.15) is 24.9 Å². The first kappa shape index (κ1) is 18.3. The molecule has 0 aromatic heterocycles. The van der Waals surface area contributed by atoms with Crippen LogP contribution in [-0.4, -0.2) is 37.7 Å². The molecule has 0 bridgehead atoms. The van der Waals surface area contributed by atoms with E-state index in [9.17, 15) is 26.7 Å². The Morgan fingerprint density at radius 3 is 2.38 bits per heavy atom. The summed E-state index contributed by atoms with van der Waals surface area (Å²) in [5, 5.41) is 9.88. The van der Waals surface area contributed by atoms with Crippen molar-refractivity contribution in [1.29, 1.82) is 0 Å². The van der Waals surface area contributed by atoms with Crippen molar-refractivity contribution in [2.45, 2.75) is 23.6 Å². The third-order valence-corrected chi connectivity index (χ3v) is 4.95. The smallest absolute Gasteiger partial charge is 0.388 e. The van der Waals surface area contributed by atoms with Gasteiger partial charge in [0, 0.05) is 12.3 Å². The van der Waals surface area contributed by atoms with Gasteiger partial charge in [-0.15, -0.1) is 0 Å².